The molecule has 122 valence electrons. The molecule has 0 spiro atoms. The fourth-order valence-corrected chi connectivity index (χ4v) is 4.71. The van der Waals surface area contributed by atoms with E-state index < -0.39 is 0 Å². The van der Waals surface area contributed by atoms with Crippen LogP contribution in [-0.4, -0.2) is 31.2 Å². The number of methoxy groups -OCH3 is 1. The van der Waals surface area contributed by atoms with Gasteiger partial charge >= 0.3 is 5.97 Å². The molecule has 0 saturated heterocycles. The van der Waals surface area contributed by atoms with Gasteiger partial charge in [-0.1, -0.05) is 5.11 Å². The molecule has 23 heavy (non-hydrogen) atoms. The average molecular weight is 379 g/mol. The van der Waals surface area contributed by atoms with E-state index in [0.29, 0.717) is 5.56 Å². The summed E-state index contributed by atoms with van der Waals surface area (Å²) in [5.41, 5.74) is 11.7. The van der Waals surface area contributed by atoms with E-state index in [-0.39, 0.29) is 30.0 Å². The lowest BCUT2D eigenvalue weighted by molar-refractivity contribution is 0.0600. The molecule has 0 radical (unpaired) electrons. The van der Waals surface area contributed by atoms with Crippen molar-refractivity contribution in [1.82, 2.24) is 0 Å². The van der Waals surface area contributed by atoms with E-state index in [1.165, 1.54) is 7.11 Å². The van der Waals surface area contributed by atoms with Gasteiger partial charge in [0.25, 0.3) is 0 Å². The number of hydrogen-bond donors (Lipinski definition) is 0. The number of benzene rings is 1. The number of carbonyl (C=O) groups excluding carboxylic acids is 1. The molecule has 0 aromatic heterocycles. The summed E-state index contributed by atoms with van der Waals surface area (Å²) in [6.07, 6.45) is 1.84. The van der Waals surface area contributed by atoms with Crippen LogP contribution in [0.5, 0.6) is 0 Å². The summed E-state index contributed by atoms with van der Waals surface area (Å²) in [5.74, 6) is -0.0542. The van der Waals surface area contributed by atoms with Gasteiger partial charge in [-0.2, -0.15) is 0 Å². The smallest absolute Gasteiger partial charge is 0.337 e. The highest BCUT2D eigenvalue weighted by atomic mass is 79.9. The van der Waals surface area contributed by atoms with Crippen molar-refractivity contribution < 1.29 is 9.53 Å². The molecule has 1 aromatic rings. The average Bonchev–Trinajstić information content (AvgIpc) is 3.06. The molecule has 2 aliphatic rings. The number of ether oxygens (including phenoxy) is 1. The van der Waals surface area contributed by atoms with Crippen molar-refractivity contribution in [3.05, 3.63) is 38.2 Å². The van der Waals surface area contributed by atoms with E-state index in [9.17, 15) is 4.79 Å². The van der Waals surface area contributed by atoms with E-state index in [2.05, 4.69) is 44.7 Å². The van der Waals surface area contributed by atoms with Gasteiger partial charge in [-0.15, -0.1) is 0 Å². The van der Waals surface area contributed by atoms with Gasteiger partial charge < -0.3 is 9.64 Å². The Balaban J connectivity index is 2.14. The Labute approximate surface area is 143 Å². The van der Waals surface area contributed by atoms with Gasteiger partial charge in [-0.05, 0) is 65.8 Å². The second kappa shape index (κ2) is 6.06. The summed E-state index contributed by atoms with van der Waals surface area (Å²) in [7, 11) is 1.39. The quantitative estimate of drug-likeness (QED) is 0.338. The van der Waals surface area contributed by atoms with Gasteiger partial charge in [0.05, 0.1) is 24.4 Å². The van der Waals surface area contributed by atoms with Crippen LogP contribution in [0.15, 0.2) is 21.7 Å². The molecule has 7 heteroatoms. The SMILES string of the molecule is COC(=O)c1cc(Br)c2c(c1)[C@@H]1CCC(N=[N+]=[N-])C1N2C(C)C. The van der Waals surface area contributed by atoms with Crippen LogP contribution in [0.1, 0.15) is 48.5 Å². The minimum atomic E-state index is -0.336. The van der Waals surface area contributed by atoms with Crippen molar-refractivity contribution in [2.45, 2.75) is 50.7 Å². The lowest BCUT2D eigenvalue weighted by atomic mass is 9.95. The number of rotatable bonds is 3. The summed E-state index contributed by atoms with van der Waals surface area (Å²) in [5, 5.41) is 4.02. The minimum absolute atomic E-state index is 0.0340. The van der Waals surface area contributed by atoms with Crippen molar-refractivity contribution in [3.63, 3.8) is 0 Å². The second-order valence-electron chi connectivity index (χ2n) is 6.34. The third-order valence-corrected chi connectivity index (χ3v) is 5.43. The molecule has 0 N–H and O–H groups in total. The zero-order chi connectivity index (χ0) is 16.7. The third kappa shape index (κ3) is 2.48. The topological polar surface area (TPSA) is 78.3 Å². The van der Waals surface area contributed by atoms with Crippen LogP contribution in [-0.2, 0) is 4.74 Å². The highest BCUT2D eigenvalue weighted by Gasteiger charge is 2.48. The summed E-state index contributed by atoms with van der Waals surface area (Å²) in [6.45, 7) is 4.27. The van der Waals surface area contributed by atoms with Crippen LogP contribution in [0.4, 0.5) is 5.69 Å². The van der Waals surface area contributed by atoms with Crippen molar-refractivity contribution in [3.8, 4) is 0 Å². The van der Waals surface area contributed by atoms with Gasteiger partial charge in [0.2, 0.25) is 0 Å². The highest BCUT2D eigenvalue weighted by Crippen LogP contribution is 2.53. The van der Waals surface area contributed by atoms with Crippen LogP contribution in [0, 0.1) is 0 Å². The zero-order valence-electron chi connectivity index (χ0n) is 13.4. The number of halogens is 1. The first-order valence-electron chi connectivity index (χ1n) is 7.73. The summed E-state index contributed by atoms with van der Waals surface area (Å²) in [4.78, 5) is 17.3. The van der Waals surface area contributed by atoms with E-state index in [1.54, 1.807) is 0 Å². The maximum absolute atomic E-state index is 11.9. The Kier molecular flexibility index (Phi) is 4.25. The normalized spacial score (nSPS) is 25.1. The Morgan fingerprint density at radius 2 is 2.22 bits per heavy atom. The molecule has 1 aliphatic carbocycles. The van der Waals surface area contributed by atoms with E-state index in [1.807, 2.05) is 12.1 Å². The first kappa shape index (κ1) is 16.1. The molecule has 2 unspecified atom stereocenters. The third-order valence-electron chi connectivity index (χ3n) is 4.83. The fourth-order valence-electron chi connectivity index (χ4n) is 4.03. The van der Waals surface area contributed by atoms with Gasteiger partial charge in [0.15, 0.2) is 0 Å². The van der Waals surface area contributed by atoms with E-state index >= 15 is 0 Å². The highest BCUT2D eigenvalue weighted by molar-refractivity contribution is 9.10. The Morgan fingerprint density at radius 1 is 1.48 bits per heavy atom. The molecule has 0 bridgehead atoms. The van der Waals surface area contributed by atoms with Gasteiger partial charge in [-0.3, -0.25) is 0 Å². The maximum Gasteiger partial charge on any atom is 0.337 e. The van der Waals surface area contributed by atoms with Gasteiger partial charge in [-0.25, -0.2) is 4.79 Å². The number of hydrogen-bond acceptors (Lipinski definition) is 4. The number of esters is 1. The van der Waals surface area contributed by atoms with Crippen LogP contribution >= 0.6 is 15.9 Å². The molecule has 1 fully saturated rings. The molecular formula is C16H19BrN4O2. The number of fused-ring (bicyclic) bond motifs is 3. The lowest BCUT2D eigenvalue weighted by Gasteiger charge is -2.34. The standard InChI is InChI=1S/C16H19BrN4O2/c1-8(2)21-14-11(6-9(7-12(14)17)16(22)23-3)10-4-5-13(15(10)21)19-20-18/h6-8,10,13,15H,4-5H2,1-3H3/t10-,13?,15?/m0/s1. The molecular weight excluding hydrogens is 360 g/mol. The number of anilines is 1. The van der Waals surface area contributed by atoms with Crippen LogP contribution in [0.2, 0.25) is 0 Å². The number of azide groups is 1. The molecule has 1 saturated carbocycles. The molecule has 3 atom stereocenters. The summed E-state index contributed by atoms with van der Waals surface area (Å²) in [6, 6.07) is 4.14. The second-order valence-corrected chi connectivity index (χ2v) is 7.19. The first-order chi connectivity index (χ1) is 11.0. The molecule has 1 heterocycles. The molecule has 0 amide bonds. The zero-order valence-corrected chi connectivity index (χ0v) is 14.9. The van der Waals surface area contributed by atoms with Crippen LogP contribution in [0.25, 0.3) is 10.4 Å². The predicted molar refractivity (Wildman–Crippen MR) is 91.8 cm³/mol. The fraction of sp³-hybridized carbons (Fsp3) is 0.562. The Bertz CT molecular complexity index is 700. The molecule has 3 rings (SSSR count). The van der Waals surface area contributed by atoms with E-state index in [0.717, 1.165) is 28.6 Å². The van der Waals surface area contributed by atoms with Crippen LogP contribution in [0.3, 0.4) is 0 Å². The van der Waals surface area contributed by atoms with Gasteiger partial charge in [0, 0.05) is 27.4 Å². The number of nitrogens with zero attached hydrogens (tertiary/aromatic N) is 4. The van der Waals surface area contributed by atoms with Crippen molar-refractivity contribution in [2.24, 2.45) is 5.11 Å². The minimum Gasteiger partial charge on any atom is -0.465 e. The first-order valence-corrected chi connectivity index (χ1v) is 8.53. The molecule has 1 aromatic carbocycles. The molecule has 1 aliphatic heterocycles. The Morgan fingerprint density at radius 3 is 2.83 bits per heavy atom. The largest absolute Gasteiger partial charge is 0.465 e. The van der Waals surface area contributed by atoms with E-state index in [4.69, 9.17) is 10.3 Å². The van der Waals surface area contributed by atoms with Crippen LogP contribution < -0.4 is 4.90 Å². The monoisotopic (exact) mass is 378 g/mol. The maximum atomic E-state index is 11.9. The van der Waals surface area contributed by atoms with Crippen molar-refractivity contribution >= 4 is 27.6 Å². The lowest BCUT2D eigenvalue weighted by Crippen LogP contribution is -2.43. The van der Waals surface area contributed by atoms with Gasteiger partial charge in [0.1, 0.15) is 0 Å². The summed E-state index contributed by atoms with van der Waals surface area (Å²) >= 11 is 3.62. The van der Waals surface area contributed by atoms with Crippen molar-refractivity contribution in [2.75, 3.05) is 12.0 Å². The Hall–Kier alpha value is -1.72. The number of carbonyl (C=O) groups is 1. The van der Waals surface area contributed by atoms with Crippen molar-refractivity contribution in [1.29, 1.82) is 0 Å². The predicted octanol–water partition coefficient (Wildman–Crippen LogP) is 4.39. The summed E-state index contributed by atoms with van der Waals surface area (Å²) < 4.78 is 5.74. The molecule has 6 nitrogen and oxygen atoms in total.